The van der Waals surface area contributed by atoms with E-state index in [-0.39, 0.29) is 17.9 Å². The van der Waals surface area contributed by atoms with Crippen LogP contribution in [0.3, 0.4) is 0 Å². The average molecular weight is 344 g/mol. The maximum Gasteiger partial charge on any atom is 0.315 e. The summed E-state index contributed by atoms with van der Waals surface area (Å²) in [4.78, 5) is 17.5. The minimum absolute atomic E-state index is 0.0379. The van der Waals surface area contributed by atoms with Crippen molar-refractivity contribution < 1.29 is 9.18 Å². The molecule has 3 N–H and O–H groups in total. The number of halogens is 1. The third kappa shape index (κ3) is 4.39. The van der Waals surface area contributed by atoms with Gasteiger partial charge in [0.05, 0.1) is 0 Å². The smallest absolute Gasteiger partial charge is 0.315 e. The average Bonchev–Trinajstić information content (AvgIpc) is 2.97. The SMILES string of the molecule is C[C@H](NC(=O)NCCc1c[nH]c2ccc(F)cc12)C1=CCN(C)CC1. The first-order chi connectivity index (χ1) is 12.0. The lowest BCUT2D eigenvalue weighted by molar-refractivity contribution is 0.238. The number of benzene rings is 1. The number of nitrogens with one attached hydrogen (secondary N) is 3. The van der Waals surface area contributed by atoms with Gasteiger partial charge in [0, 0.05) is 42.8 Å². The molecule has 1 aliphatic heterocycles. The van der Waals surface area contributed by atoms with Crippen LogP contribution < -0.4 is 10.6 Å². The number of nitrogens with zero attached hydrogens (tertiary/aromatic N) is 1. The molecule has 134 valence electrons. The Balaban J connectivity index is 1.48. The number of rotatable bonds is 5. The van der Waals surface area contributed by atoms with Crippen molar-refractivity contribution in [3.63, 3.8) is 0 Å². The van der Waals surface area contributed by atoms with Crippen LogP contribution in [0.4, 0.5) is 9.18 Å². The predicted octanol–water partition coefficient (Wildman–Crippen LogP) is 2.80. The van der Waals surface area contributed by atoms with Crippen molar-refractivity contribution in [1.29, 1.82) is 0 Å². The van der Waals surface area contributed by atoms with Crippen molar-refractivity contribution in [2.75, 3.05) is 26.7 Å². The Labute approximate surface area is 147 Å². The zero-order chi connectivity index (χ0) is 17.8. The van der Waals surface area contributed by atoms with Gasteiger partial charge in [-0.25, -0.2) is 9.18 Å². The highest BCUT2D eigenvalue weighted by Crippen LogP contribution is 2.19. The first-order valence-electron chi connectivity index (χ1n) is 8.70. The first-order valence-corrected chi connectivity index (χ1v) is 8.70. The topological polar surface area (TPSA) is 60.2 Å². The number of H-pyrrole nitrogens is 1. The molecule has 1 aliphatic rings. The highest BCUT2D eigenvalue weighted by atomic mass is 19.1. The molecule has 2 amide bonds. The van der Waals surface area contributed by atoms with Gasteiger partial charge in [0.15, 0.2) is 0 Å². The largest absolute Gasteiger partial charge is 0.361 e. The normalized spacial score (nSPS) is 16.5. The Morgan fingerprint density at radius 1 is 1.44 bits per heavy atom. The number of hydrogen-bond acceptors (Lipinski definition) is 2. The van der Waals surface area contributed by atoms with E-state index in [4.69, 9.17) is 0 Å². The van der Waals surface area contributed by atoms with Crippen LogP contribution in [0.15, 0.2) is 36.0 Å². The number of amides is 2. The highest BCUT2D eigenvalue weighted by Gasteiger charge is 2.15. The van der Waals surface area contributed by atoms with Gasteiger partial charge in [-0.1, -0.05) is 6.08 Å². The second-order valence-electron chi connectivity index (χ2n) is 6.67. The number of carbonyl (C=O) groups is 1. The molecule has 0 saturated carbocycles. The molecule has 2 heterocycles. The van der Waals surface area contributed by atoms with E-state index >= 15 is 0 Å². The standard InChI is InChI=1S/C19H25FN4O/c1-13(14-6-9-24(2)10-7-14)23-19(25)21-8-5-15-12-22-18-4-3-16(20)11-17(15)18/h3-4,6,11-13,22H,5,7-10H2,1-2H3,(H2,21,23,25)/t13-/m0/s1. The maximum atomic E-state index is 13.4. The summed E-state index contributed by atoms with van der Waals surface area (Å²) >= 11 is 0. The summed E-state index contributed by atoms with van der Waals surface area (Å²) in [5.41, 5.74) is 3.19. The Morgan fingerprint density at radius 2 is 2.28 bits per heavy atom. The number of aromatic nitrogens is 1. The van der Waals surface area contributed by atoms with E-state index in [2.05, 4.69) is 33.6 Å². The molecule has 0 bridgehead atoms. The Morgan fingerprint density at radius 3 is 3.04 bits per heavy atom. The van der Waals surface area contributed by atoms with Crippen molar-refractivity contribution in [2.24, 2.45) is 0 Å². The van der Waals surface area contributed by atoms with Gasteiger partial charge in [-0.3, -0.25) is 0 Å². The lowest BCUT2D eigenvalue weighted by Crippen LogP contribution is -2.43. The van der Waals surface area contributed by atoms with E-state index < -0.39 is 0 Å². The van der Waals surface area contributed by atoms with E-state index in [0.29, 0.717) is 13.0 Å². The lowest BCUT2D eigenvalue weighted by Gasteiger charge is -2.26. The number of fused-ring (bicyclic) bond motifs is 1. The van der Waals surface area contributed by atoms with E-state index in [9.17, 15) is 9.18 Å². The van der Waals surface area contributed by atoms with E-state index in [1.165, 1.54) is 17.7 Å². The van der Waals surface area contributed by atoms with Gasteiger partial charge in [0.25, 0.3) is 0 Å². The second kappa shape index (κ2) is 7.70. The molecule has 5 nitrogen and oxygen atoms in total. The number of hydrogen-bond donors (Lipinski definition) is 3. The maximum absolute atomic E-state index is 13.4. The van der Waals surface area contributed by atoms with Crippen molar-refractivity contribution in [2.45, 2.75) is 25.8 Å². The highest BCUT2D eigenvalue weighted by molar-refractivity contribution is 5.83. The van der Waals surface area contributed by atoms with Gasteiger partial charge in [-0.15, -0.1) is 0 Å². The van der Waals surface area contributed by atoms with Crippen LogP contribution in [0.5, 0.6) is 0 Å². The summed E-state index contributed by atoms with van der Waals surface area (Å²) in [5.74, 6) is -0.251. The Hall–Kier alpha value is -2.34. The molecule has 2 aromatic rings. The van der Waals surface area contributed by atoms with E-state index in [0.717, 1.165) is 36.0 Å². The fraction of sp³-hybridized carbons (Fsp3) is 0.421. The molecule has 0 unspecified atom stereocenters. The fourth-order valence-electron chi connectivity index (χ4n) is 3.19. The molecule has 0 spiro atoms. The summed E-state index contributed by atoms with van der Waals surface area (Å²) in [5, 5.41) is 6.74. The summed E-state index contributed by atoms with van der Waals surface area (Å²) in [7, 11) is 2.09. The molecule has 1 aromatic carbocycles. The Bertz CT molecular complexity index is 783. The minimum Gasteiger partial charge on any atom is -0.361 e. The van der Waals surface area contributed by atoms with Crippen molar-refractivity contribution in [3.05, 3.63) is 47.4 Å². The molecule has 3 rings (SSSR count). The zero-order valence-electron chi connectivity index (χ0n) is 14.7. The molecule has 0 fully saturated rings. The minimum atomic E-state index is -0.251. The molecule has 1 atom stereocenters. The van der Waals surface area contributed by atoms with Crippen molar-refractivity contribution in [1.82, 2.24) is 20.5 Å². The molecule has 0 radical (unpaired) electrons. The number of aromatic amines is 1. The van der Waals surface area contributed by atoms with Crippen LogP contribution in [-0.4, -0.2) is 48.6 Å². The number of urea groups is 1. The summed E-state index contributed by atoms with van der Waals surface area (Å²) in [6.45, 7) is 4.47. The zero-order valence-corrected chi connectivity index (χ0v) is 14.7. The van der Waals surface area contributed by atoms with Gasteiger partial charge in [0.1, 0.15) is 5.82 Å². The number of carbonyl (C=O) groups excluding carboxylic acids is 1. The third-order valence-electron chi connectivity index (χ3n) is 4.76. The third-order valence-corrected chi connectivity index (χ3v) is 4.76. The van der Waals surface area contributed by atoms with Crippen LogP contribution in [-0.2, 0) is 6.42 Å². The fourth-order valence-corrected chi connectivity index (χ4v) is 3.19. The van der Waals surface area contributed by atoms with Crippen molar-refractivity contribution in [3.8, 4) is 0 Å². The molecule has 25 heavy (non-hydrogen) atoms. The van der Waals surface area contributed by atoms with Crippen LogP contribution in [0.1, 0.15) is 18.9 Å². The van der Waals surface area contributed by atoms with Gasteiger partial charge in [0.2, 0.25) is 0 Å². The van der Waals surface area contributed by atoms with Crippen LogP contribution in [0.2, 0.25) is 0 Å². The first kappa shape index (κ1) is 17.5. The van der Waals surface area contributed by atoms with E-state index in [1.54, 1.807) is 6.07 Å². The van der Waals surface area contributed by atoms with Gasteiger partial charge < -0.3 is 20.5 Å². The van der Waals surface area contributed by atoms with Crippen LogP contribution in [0, 0.1) is 5.82 Å². The van der Waals surface area contributed by atoms with Gasteiger partial charge in [-0.2, -0.15) is 0 Å². The van der Waals surface area contributed by atoms with E-state index in [1.807, 2.05) is 13.1 Å². The summed E-state index contributed by atoms with van der Waals surface area (Å²) in [6, 6.07) is 4.56. The van der Waals surface area contributed by atoms with Crippen LogP contribution in [0.25, 0.3) is 10.9 Å². The second-order valence-corrected chi connectivity index (χ2v) is 6.67. The molecule has 0 saturated heterocycles. The molecule has 6 heteroatoms. The summed E-state index contributed by atoms with van der Waals surface area (Å²) in [6.07, 6.45) is 5.70. The predicted molar refractivity (Wildman–Crippen MR) is 98.2 cm³/mol. The van der Waals surface area contributed by atoms with Gasteiger partial charge in [-0.05, 0) is 56.1 Å². The molecular weight excluding hydrogens is 319 g/mol. The molecule has 0 aliphatic carbocycles. The Kier molecular flexibility index (Phi) is 5.38. The van der Waals surface area contributed by atoms with Crippen molar-refractivity contribution >= 4 is 16.9 Å². The molecule has 1 aromatic heterocycles. The lowest BCUT2D eigenvalue weighted by atomic mass is 10.0. The molecular formula is C19H25FN4O. The van der Waals surface area contributed by atoms with Gasteiger partial charge >= 0.3 is 6.03 Å². The quantitative estimate of drug-likeness (QED) is 0.731. The monoisotopic (exact) mass is 344 g/mol. The van der Waals surface area contributed by atoms with Crippen LogP contribution >= 0.6 is 0 Å². The number of likely N-dealkylation sites (N-methyl/N-ethyl adjacent to an activating group) is 1. The summed E-state index contributed by atoms with van der Waals surface area (Å²) < 4.78 is 13.4.